The van der Waals surface area contributed by atoms with E-state index in [1.807, 2.05) is 32.0 Å². The average Bonchev–Trinajstić information content (AvgIpc) is 2.90. The Labute approximate surface area is 244 Å². The summed E-state index contributed by atoms with van der Waals surface area (Å²) in [6, 6.07) is 10.7. The van der Waals surface area contributed by atoms with Gasteiger partial charge in [-0.3, -0.25) is 14.4 Å². The maximum atomic E-state index is 13.4. The van der Waals surface area contributed by atoms with Crippen molar-refractivity contribution in [1.82, 2.24) is 0 Å². The largest absolute Gasteiger partial charge is 0.482 e. The lowest BCUT2D eigenvalue weighted by atomic mass is 9.42. The van der Waals surface area contributed by atoms with E-state index < -0.39 is 64.2 Å². The lowest BCUT2D eigenvalue weighted by molar-refractivity contribution is -0.270. The highest BCUT2D eigenvalue weighted by Gasteiger charge is 2.70. The summed E-state index contributed by atoms with van der Waals surface area (Å²) in [7, 11) is 0. The summed E-state index contributed by atoms with van der Waals surface area (Å²) in [5.74, 6) is -2.12. The molecule has 42 heavy (non-hydrogen) atoms. The fourth-order valence-electron chi connectivity index (χ4n) is 8.13. The Balaban J connectivity index is 1.66. The van der Waals surface area contributed by atoms with Crippen LogP contribution in [0.1, 0.15) is 72.5 Å². The molecule has 1 aromatic carbocycles. The van der Waals surface area contributed by atoms with Gasteiger partial charge < -0.3 is 28.5 Å². The normalized spacial score (nSPS) is 35.0. The maximum absolute atomic E-state index is 13.4. The molecule has 226 valence electrons. The molecule has 3 unspecified atom stereocenters. The Morgan fingerprint density at radius 3 is 2.24 bits per heavy atom. The second kappa shape index (κ2) is 10.6. The van der Waals surface area contributed by atoms with Gasteiger partial charge >= 0.3 is 23.5 Å². The quantitative estimate of drug-likeness (QED) is 0.400. The number of benzene rings is 1. The molecule has 2 heterocycles. The summed E-state index contributed by atoms with van der Waals surface area (Å²) in [4.78, 5) is 49.9. The molecule has 10 nitrogen and oxygen atoms in total. The molecule has 8 atom stereocenters. The van der Waals surface area contributed by atoms with Gasteiger partial charge in [0.15, 0.2) is 0 Å². The molecular formula is C32H38O10. The molecule has 3 aliphatic rings. The number of carbonyl (C=O) groups is 3. The number of hydrogen-bond donors (Lipinski definition) is 1. The van der Waals surface area contributed by atoms with Crippen LogP contribution in [0.2, 0.25) is 0 Å². The van der Waals surface area contributed by atoms with E-state index in [0.717, 1.165) is 0 Å². The molecule has 2 aromatic rings. The summed E-state index contributed by atoms with van der Waals surface area (Å²) in [5, 5.41) is 12.1. The molecule has 0 spiro atoms. The highest BCUT2D eigenvalue weighted by Crippen LogP contribution is 2.67. The molecule has 2 aliphatic carbocycles. The van der Waals surface area contributed by atoms with E-state index in [2.05, 4.69) is 0 Å². The first-order valence-electron chi connectivity index (χ1n) is 14.3. The van der Waals surface area contributed by atoms with E-state index >= 15 is 0 Å². The third kappa shape index (κ3) is 4.79. The molecule has 5 rings (SSSR count). The molecule has 2 saturated carbocycles. The SMILES string of the molecule is CC(=O)OC[C@]1(C)C2C[C@H](OC(C)=O)[C@@]3(C)Oc4cc(-c5ccccc5)oc(=O)c4C(O)C3[C@@]2(C)CC[C@@H]1OC(C)=O. The summed E-state index contributed by atoms with van der Waals surface area (Å²) >= 11 is 0. The van der Waals surface area contributed by atoms with Gasteiger partial charge in [0.1, 0.15) is 41.5 Å². The van der Waals surface area contributed by atoms with Gasteiger partial charge in [0.05, 0.1) is 6.10 Å². The van der Waals surface area contributed by atoms with Crippen molar-refractivity contribution in [2.24, 2.45) is 22.7 Å². The van der Waals surface area contributed by atoms with E-state index in [-0.39, 0.29) is 36.0 Å². The highest BCUT2D eigenvalue weighted by atomic mass is 16.6. The zero-order valence-corrected chi connectivity index (χ0v) is 24.8. The standard InChI is InChI=1S/C32H38O10/c1-17(33)38-16-31(5)23-15-25(40-19(3)35)32(6)28(30(23,4)13-12-24(31)39-18(2)34)27(36)26-22(42-32)14-21(41-29(26)37)20-10-8-7-9-11-20/h7-11,14,23-25,27-28,36H,12-13,15-16H2,1-6H3/t23?,24-,25-,27?,28?,30-,31+,32+/m0/s1. The molecular weight excluding hydrogens is 544 g/mol. The summed E-state index contributed by atoms with van der Waals surface area (Å²) in [6.07, 6.45) is -1.55. The van der Waals surface area contributed by atoms with Crippen LogP contribution in [0.5, 0.6) is 5.75 Å². The van der Waals surface area contributed by atoms with E-state index in [4.69, 9.17) is 23.4 Å². The molecule has 2 fully saturated rings. The molecule has 1 aliphatic heterocycles. The monoisotopic (exact) mass is 582 g/mol. The molecule has 0 amide bonds. The Bertz CT molecular complexity index is 1450. The number of fused-ring (bicyclic) bond motifs is 4. The third-order valence-electron chi connectivity index (χ3n) is 9.84. The number of rotatable bonds is 5. The van der Waals surface area contributed by atoms with Crippen molar-refractivity contribution in [2.45, 2.75) is 84.7 Å². The minimum absolute atomic E-state index is 0.00408. The third-order valence-corrected chi connectivity index (χ3v) is 9.84. The summed E-state index contributed by atoms with van der Waals surface area (Å²) in [5.41, 5.74) is -2.90. The van der Waals surface area contributed by atoms with Crippen LogP contribution in [-0.4, -0.2) is 47.4 Å². The first-order valence-corrected chi connectivity index (χ1v) is 14.3. The zero-order chi connectivity index (χ0) is 30.6. The Kier molecular flexibility index (Phi) is 7.50. The van der Waals surface area contributed by atoms with Crippen LogP contribution in [0, 0.1) is 22.7 Å². The van der Waals surface area contributed by atoms with Crippen molar-refractivity contribution in [3.8, 4) is 17.1 Å². The number of aliphatic hydroxyl groups is 1. The van der Waals surface area contributed by atoms with Crippen molar-refractivity contribution < 1.29 is 42.9 Å². The molecule has 1 aromatic heterocycles. The van der Waals surface area contributed by atoms with Crippen molar-refractivity contribution in [1.29, 1.82) is 0 Å². The van der Waals surface area contributed by atoms with E-state index in [1.165, 1.54) is 20.8 Å². The van der Waals surface area contributed by atoms with Crippen LogP contribution in [-0.2, 0) is 28.6 Å². The van der Waals surface area contributed by atoms with Gasteiger partial charge in [0.25, 0.3) is 0 Å². The van der Waals surface area contributed by atoms with Crippen molar-refractivity contribution in [3.63, 3.8) is 0 Å². The van der Waals surface area contributed by atoms with Crippen molar-refractivity contribution in [3.05, 3.63) is 52.4 Å². The van der Waals surface area contributed by atoms with Gasteiger partial charge in [0, 0.05) is 43.7 Å². The molecule has 1 N–H and O–H groups in total. The number of hydrogen-bond acceptors (Lipinski definition) is 10. The second-order valence-corrected chi connectivity index (χ2v) is 12.6. The minimum atomic E-state index is -1.33. The van der Waals surface area contributed by atoms with Crippen LogP contribution < -0.4 is 10.4 Å². The number of ether oxygens (including phenoxy) is 4. The Morgan fingerprint density at radius 1 is 0.976 bits per heavy atom. The predicted molar refractivity (Wildman–Crippen MR) is 149 cm³/mol. The van der Waals surface area contributed by atoms with Crippen LogP contribution in [0.15, 0.2) is 45.6 Å². The average molecular weight is 583 g/mol. The minimum Gasteiger partial charge on any atom is -0.482 e. The number of esters is 3. The lowest BCUT2D eigenvalue weighted by Crippen LogP contribution is -2.71. The Morgan fingerprint density at radius 2 is 1.62 bits per heavy atom. The first-order chi connectivity index (χ1) is 19.7. The van der Waals surface area contributed by atoms with E-state index in [9.17, 15) is 24.3 Å². The number of aliphatic hydroxyl groups excluding tert-OH is 1. The second-order valence-electron chi connectivity index (χ2n) is 12.6. The van der Waals surface area contributed by atoms with Crippen LogP contribution in [0.4, 0.5) is 0 Å². The maximum Gasteiger partial charge on any atom is 0.345 e. The van der Waals surface area contributed by atoms with Gasteiger partial charge in [-0.15, -0.1) is 0 Å². The van der Waals surface area contributed by atoms with Crippen molar-refractivity contribution in [2.75, 3.05) is 6.61 Å². The first kappa shape index (κ1) is 29.8. The van der Waals surface area contributed by atoms with Crippen LogP contribution in [0.25, 0.3) is 11.3 Å². The Hall–Kier alpha value is -3.66. The summed E-state index contributed by atoms with van der Waals surface area (Å²) in [6.45, 7) is 9.61. The van der Waals surface area contributed by atoms with E-state index in [0.29, 0.717) is 18.4 Å². The smallest absolute Gasteiger partial charge is 0.345 e. The molecule has 0 saturated heterocycles. The van der Waals surface area contributed by atoms with Crippen molar-refractivity contribution >= 4 is 17.9 Å². The molecule has 0 bridgehead atoms. The van der Waals surface area contributed by atoms with Gasteiger partial charge in [-0.2, -0.15) is 0 Å². The predicted octanol–water partition coefficient (Wildman–Crippen LogP) is 4.36. The van der Waals surface area contributed by atoms with E-state index in [1.54, 1.807) is 25.1 Å². The lowest BCUT2D eigenvalue weighted by Gasteiger charge is -2.66. The fraction of sp³-hybridized carbons (Fsp3) is 0.562. The number of carbonyl (C=O) groups excluding carboxylic acids is 3. The summed E-state index contributed by atoms with van der Waals surface area (Å²) < 4.78 is 29.5. The van der Waals surface area contributed by atoms with Gasteiger partial charge in [-0.05, 0) is 37.5 Å². The fourth-order valence-corrected chi connectivity index (χ4v) is 8.13. The van der Waals surface area contributed by atoms with Gasteiger partial charge in [0.2, 0.25) is 0 Å². The van der Waals surface area contributed by atoms with Crippen LogP contribution in [0.3, 0.4) is 0 Å². The van der Waals surface area contributed by atoms with Gasteiger partial charge in [-0.1, -0.05) is 44.2 Å². The molecule has 10 heteroatoms. The van der Waals surface area contributed by atoms with Gasteiger partial charge in [-0.25, -0.2) is 4.79 Å². The zero-order valence-electron chi connectivity index (χ0n) is 24.8. The van der Waals surface area contributed by atoms with Crippen LogP contribution >= 0.6 is 0 Å². The highest BCUT2D eigenvalue weighted by molar-refractivity contribution is 5.67. The topological polar surface area (TPSA) is 139 Å². The molecule has 0 radical (unpaired) electrons.